The lowest BCUT2D eigenvalue weighted by atomic mass is 9.99. The molecule has 0 amide bonds. The largest absolute Gasteiger partial charge is 0.497 e. The number of methoxy groups -OCH3 is 1. The molecule has 1 N–H and O–H groups in total. The van der Waals surface area contributed by atoms with Crippen molar-refractivity contribution in [2.45, 2.75) is 52.2 Å². The Balaban J connectivity index is 1.91. The molecule has 34 heavy (non-hydrogen) atoms. The number of nitrogens with zero attached hydrogens (tertiary/aromatic N) is 5. The van der Waals surface area contributed by atoms with Crippen LogP contribution in [0.15, 0.2) is 59.4 Å². The molecule has 4 aromatic rings. The minimum absolute atomic E-state index is 0.166. The molecule has 0 aliphatic carbocycles. The molecule has 0 bridgehead atoms. The standard InChI is InChI=1S/C26H32N6O2/c1-6-26(3,4)32-24(28-29-30-32)23(31(7-2)17-18-11-9-8-10-12-18)21-15-19-13-14-20(34-5)16-22(19)27-25(21)33/h8-16,23H,6-7,17H2,1-5H3,(H,27,33)/t23-/m1/s1. The molecule has 0 saturated heterocycles. The zero-order chi connectivity index (χ0) is 24.3. The number of benzene rings is 2. The smallest absolute Gasteiger partial charge is 0.253 e. The number of aromatic nitrogens is 5. The molecule has 0 radical (unpaired) electrons. The molecular formula is C26H32N6O2. The van der Waals surface area contributed by atoms with Crippen LogP contribution in [-0.2, 0) is 12.1 Å². The Hall–Kier alpha value is -3.52. The predicted molar refractivity (Wildman–Crippen MR) is 133 cm³/mol. The third-order valence-corrected chi connectivity index (χ3v) is 6.55. The molecule has 178 valence electrons. The third kappa shape index (κ3) is 4.59. The fourth-order valence-electron chi connectivity index (χ4n) is 4.18. The van der Waals surface area contributed by atoms with E-state index in [4.69, 9.17) is 4.74 Å². The Morgan fingerprint density at radius 2 is 1.88 bits per heavy atom. The van der Waals surface area contributed by atoms with Crippen LogP contribution in [-0.4, -0.2) is 43.7 Å². The summed E-state index contributed by atoms with van der Waals surface area (Å²) < 4.78 is 7.19. The van der Waals surface area contributed by atoms with Crippen molar-refractivity contribution in [2.24, 2.45) is 0 Å². The van der Waals surface area contributed by atoms with Crippen molar-refractivity contribution in [1.29, 1.82) is 0 Å². The molecule has 0 aliphatic rings. The van der Waals surface area contributed by atoms with Gasteiger partial charge in [-0.25, -0.2) is 4.68 Å². The van der Waals surface area contributed by atoms with E-state index in [1.165, 1.54) is 0 Å². The minimum atomic E-state index is -0.429. The van der Waals surface area contributed by atoms with Crippen LogP contribution < -0.4 is 10.3 Å². The lowest BCUT2D eigenvalue weighted by Gasteiger charge is -2.33. The van der Waals surface area contributed by atoms with Crippen molar-refractivity contribution < 1.29 is 4.74 Å². The van der Waals surface area contributed by atoms with Gasteiger partial charge in [0.2, 0.25) is 0 Å². The second-order valence-electron chi connectivity index (χ2n) is 9.07. The molecule has 8 nitrogen and oxygen atoms in total. The summed E-state index contributed by atoms with van der Waals surface area (Å²) in [6.45, 7) is 9.77. The molecule has 0 saturated carbocycles. The molecular weight excluding hydrogens is 428 g/mol. The number of hydrogen-bond donors (Lipinski definition) is 1. The van der Waals surface area contributed by atoms with Crippen LogP contribution in [0.5, 0.6) is 5.75 Å². The number of aromatic amines is 1. The van der Waals surface area contributed by atoms with E-state index in [0.717, 1.165) is 22.9 Å². The number of H-pyrrole nitrogens is 1. The zero-order valence-electron chi connectivity index (χ0n) is 20.4. The van der Waals surface area contributed by atoms with Gasteiger partial charge in [0.05, 0.1) is 18.2 Å². The summed E-state index contributed by atoms with van der Waals surface area (Å²) in [6, 6.07) is 17.4. The predicted octanol–water partition coefficient (Wildman–Crippen LogP) is 4.28. The van der Waals surface area contributed by atoms with Gasteiger partial charge in [0.15, 0.2) is 5.82 Å². The summed E-state index contributed by atoms with van der Waals surface area (Å²) in [5.41, 5.74) is 2.02. The first kappa shape index (κ1) is 23.6. The van der Waals surface area contributed by atoms with E-state index < -0.39 is 6.04 Å². The Kier molecular flexibility index (Phi) is 6.79. The van der Waals surface area contributed by atoms with Crippen LogP contribution in [0.1, 0.15) is 57.1 Å². The summed E-state index contributed by atoms with van der Waals surface area (Å²) in [5.74, 6) is 1.35. The normalized spacial score (nSPS) is 12.9. The molecule has 2 aromatic carbocycles. The second-order valence-corrected chi connectivity index (χ2v) is 9.07. The fraction of sp³-hybridized carbons (Fsp3) is 0.385. The molecule has 4 rings (SSSR count). The van der Waals surface area contributed by atoms with Gasteiger partial charge in [-0.2, -0.15) is 0 Å². The highest BCUT2D eigenvalue weighted by Gasteiger charge is 2.33. The summed E-state index contributed by atoms with van der Waals surface area (Å²) in [5, 5.41) is 13.7. The molecule has 0 unspecified atom stereocenters. The van der Waals surface area contributed by atoms with Crippen molar-refractivity contribution >= 4 is 10.9 Å². The van der Waals surface area contributed by atoms with Crippen LogP contribution in [0.2, 0.25) is 0 Å². The minimum Gasteiger partial charge on any atom is -0.497 e. The summed E-state index contributed by atoms with van der Waals surface area (Å²) in [4.78, 5) is 18.8. The molecule has 0 spiro atoms. The van der Waals surface area contributed by atoms with Crippen LogP contribution in [0.3, 0.4) is 0 Å². The van der Waals surface area contributed by atoms with Gasteiger partial charge in [-0.05, 0) is 66.4 Å². The first-order valence-electron chi connectivity index (χ1n) is 11.7. The van der Waals surface area contributed by atoms with Gasteiger partial charge >= 0.3 is 0 Å². The van der Waals surface area contributed by atoms with Gasteiger partial charge in [-0.15, -0.1) is 5.10 Å². The number of pyridine rings is 1. The molecule has 2 heterocycles. The Labute approximate surface area is 199 Å². The first-order valence-corrected chi connectivity index (χ1v) is 11.7. The second kappa shape index (κ2) is 9.77. The van der Waals surface area contributed by atoms with Crippen LogP contribution >= 0.6 is 0 Å². The van der Waals surface area contributed by atoms with E-state index in [1.807, 2.05) is 47.1 Å². The van der Waals surface area contributed by atoms with Gasteiger partial charge in [0.25, 0.3) is 5.56 Å². The van der Waals surface area contributed by atoms with Crippen LogP contribution in [0.25, 0.3) is 10.9 Å². The number of rotatable bonds is 9. The Morgan fingerprint density at radius 3 is 2.56 bits per heavy atom. The average Bonchev–Trinajstić information content (AvgIpc) is 3.34. The number of ether oxygens (including phenoxy) is 1. The number of hydrogen-bond acceptors (Lipinski definition) is 6. The van der Waals surface area contributed by atoms with E-state index in [1.54, 1.807) is 7.11 Å². The number of tetrazole rings is 1. The monoisotopic (exact) mass is 460 g/mol. The number of fused-ring (bicyclic) bond motifs is 1. The Morgan fingerprint density at radius 1 is 1.12 bits per heavy atom. The molecule has 0 fully saturated rings. The fourth-order valence-corrected chi connectivity index (χ4v) is 4.18. The topological polar surface area (TPSA) is 88.9 Å². The van der Waals surface area contributed by atoms with Gasteiger partial charge in [-0.3, -0.25) is 9.69 Å². The number of nitrogens with one attached hydrogen (secondary N) is 1. The van der Waals surface area contributed by atoms with Gasteiger partial charge in [-0.1, -0.05) is 44.2 Å². The van der Waals surface area contributed by atoms with Gasteiger partial charge in [0, 0.05) is 18.2 Å². The first-order chi connectivity index (χ1) is 16.4. The maximum Gasteiger partial charge on any atom is 0.253 e. The van der Waals surface area contributed by atoms with Crippen molar-refractivity contribution in [3.8, 4) is 5.75 Å². The van der Waals surface area contributed by atoms with E-state index in [-0.39, 0.29) is 11.1 Å². The molecule has 1 atom stereocenters. The highest BCUT2D eigenvalue weighted by Crippen LogP contribution is 2.31. The van der Waals surface area contributed by atoms with Crippen molar-refractivity contribution in [3.05, 3.63) is 81.9 Å². The van der Waals surface area contributed by atoms with Crippen molar-refractivity contribution in [3.63, 3.8) is 0 Å². The van der Waals surface area contributed by atoms with E-state index in [2.05, 4.69) is 65.2 Å². The summed E-state index contributed by atoms with van der Waals surface area (Å²) in [7, 11) is 1.61. The highest BCUT2D eigenvalue weighted by molar-refractivity contribution is 5.80. The van der Waals surface area contributed by atoms with E-state index in [9.17, 15) is 4.79 Å². The van der Waals surface area contributed by atoms with Crippen molar-refractivity contribution in [2.75, 3.05) is 13.7 Å². The summed E-state index contributed by atoms with van der Waals surface area (Å²) >= 11 is 0. The van der Waals surface area contributed by atoms with Gasteiger partial charge < -0.3 is 9.72 Å². The highest BCUT2D eigenvalue weighted by atomic mass is 16.5. The SMILES string of the molecule is CCN(Cc1ccccc1)[C@H](c1cc2ccc(OC)cc2[nH]c1=O)c1nnnn1C(C)(C)CC. The van der Waals surface area contributed by atoms with E-state index >= 15 is 0 Å². The molecule has 2 aromatic heterocycles. The van der Waals surface area contributed by atoms with E-state index in [0.29, 0.717) is 30.2 Å². The third-order valence-electron chi connectivity index (χ3n) is 6.55. The van der Waals surface area contributed by atoms with Crippen LogP contribution in [0, 0.1) is 0 Å². The summed E-state index contributed by atoms with van der Waals surface area (Å²) in [6.07, 6.45) is 0.844. The average molecular weight is 461 g/mol. The zero-order valence-corrected chi connectivity index (χ0v) is 20.4. The van der Waals surface area contributed by atoms with Crippen LogP contribution in [0.4, 0.5) is 0 Å². The van der Waals surface area contributed by atoms with Gasteiger partial charge in [0.1, 0.15) is 11.8 Å². The maximum absolute atomic E-state index is 13.5. The maximum atomic E-state index is 13.5. The molecule has 0 aliphatic heterocycles. The molecule has 8 heteroatoms. The lowest BCUT2D eigenvalue weighted by Crippen LogP contribution is -2.38. The lowest BCUT2D eigenvalue weighted by molar-refractivity contribution is 0.197. The van der Waals surface area contributed by atoms with Crippen molar-refractivity contribution in [1.82, 2.24) is 30.1 Å². The quantitative estimate of drug-likeness (QED) is 0.401. The Bertz CT molecular complexity index is 1310.